The molecule has 0 atom stereocenters. The molecule has 0 aliphatic rings. The number of hydrogen-bond donors (Lipinski definition) is 1. The summed E-state index contributed by atoms with van der Waals surface area (Å²) in [5.41, 5.74) is 0. The minimum absolute atomic E-state index is 0.497. The summed E-state index contributed by atoms with van der Waals surface area (Å²) in [6.45, 7) is 0.497. The van der Waals surface area contributed by atoms with Gasteiger partial charge in [0.1, 0.15) is 6.73 Å². The number of pyridine rings is 1. The first-order chi connectivity index (χ1) is 4.93. The summed E-state index contributed by atoms with van der Waals surface area (Å²) in [4.78, 5) is 3.95. The van der Waals surface area contributed by atoms with Crippen LogP contribution in [-0.2, 0) is 0 Å². The van der Waals surface area contributed by atoms with Gasteiger partial charge in [-0.1, -0.05) is 6.07 Å². The highest BCUT2D eigenvalue weighted by atomic mass is 16.5. The quantitative estimate of drug-likeness (QED) is 0.622. The Kier molecular flexibility index (Phi) is 2.70. The van der Waals surface area contributed by atoms with E-state index in [0.29, 0.717) is 12.6 Å². The van der Waals surface area contributed by atoms with Crippen LogP contribution in [0, 0.1) is 0 Å². The highest BCUT2D eigenvalue weighted by Gasteiger charge is 1.87. The third kappa shape index (κ3) is 2.03. The van der Waals surface area contributed by atoms with Gasteiger partial charge in [-0.3, -0.25) is 5.32 Å². The van der Waals surface area contributed by atoms with Crippen molar-refractivity contribution < 1.29 is 4.74 Å². The predicted molar refractivity (Wildman–Crippen MR) is 38.8 cm³/mol. The van der Waals surface area contributed by atoms with E-state index in [9.17, 15) is 0 Å². The minimum atomic E-state index is 0.497. The first kappa shape index (κ1) is 7.02. The maximum Gasteiger partial charge on any atom is 0.214 e. The Morgan fingerprint density at radius 1 is 1.60 bits per heavy atom. The first-order valence-corrected chi connectivity index (χ1v) is 3.12. The first-order valence-electron chi connectivity index (χ1n) is 3.12. The van der Waals surface area contributed by atoms with E-state index in [1.807, 2.05) is 25.2 Å². The Labute approximate surface area is 60.0 Å². The second-order valence-electron chi connectivity index (χ2n) is 1.81. The molecule has 1 aromatic heterocycles. The van der Waals surface area contributed by atoms with Gasteiger partial charge in [-0.2, -0.15) is 0 Å². The molecule has 10 heavy (non-hydrogen) atoms. The van der Waals surface area contributed by atoms with Crippen LogP contribution in [0.25, 0.3) is 0 Å². The molecule has 0 radical (unpaired) electrons. The highest BCUT2D eigenvalue weighted by Crippen LogP contribution is 2.01. The molecule has 0 amide bonds. The molecular weight excluding hydrogens is 128 g/mol. The van der Waals surface area contributed by atoms with E-state index in [1.165, 1.54) is 0 Å². The lowest BCUT2D eigenvalue weighted by atomic mass is 10.5. The molecule has 0 saturated heterocycles. The molecule has 0 aliphatic carbocycles. The molecule has 0 bridgehead atoms. The van der Waals surface area contributed by atoms with Gasteiger partial charge in [0, 0.05) is 12.3 Å². The summed E-state index contributed by atoms with van der Waals surface area (Å²) in [6, 6.07) is 5.56. The molecule has 0 saturated carbocycles. The molecule has 3 heteroatoms. The molecule has 1 rings (SSSR count). The second kappa shape index (κ2) is 3.85. The fourth-order valence-corrected chi connectivity index (χ4v) is 0.579. The molecule has 54 valence electrons. The van der Waals surface area contributed by atoms with Crippen molar-refractivity contribution in [1.29, 1.82) is 0 Å². The monoisotopic (exact) mass is 138 g/mol. The van der Waals surface area contributed by atoms with Gasteiger partial charge in [-0.05, 0) is 13.1 Å². The van der Waals surface area contributed by atoms with E-state index in [-0.39, 0.29) is 0 Å². The predicted octanol–water partition coefficient (Wildman–Crippen LogP) is 0.637. The summed E-state index contributed by atoms with van der Waals surface area (Å²) in [6.07, 6.45) is 1.70. The van der Waals surface area contributed by atoms with Crippen LogP contribution in [0.5, 0.6) is 5.88 Å². The van der Waals surface area contributed by atoms with Crippen LogP contribution in [0.15, 0.2) is 24.4 Å². The maximum absolute atomic E-state index is 5.13. The van der Waals surface area contributed by atoms with Gasteiger partial charge in [-0.15, -0.1) is 0 Å². The van der Waals surface area contributed by atoms with Gasteiger partial charge in [-0.25, -0.2) is 4.98 Å². The van der Waals surface area contributed by atoms with Crippen LogP contribution in [0.4, 0.5) is 0 Å². The molecule has 0 aromatic carbocycles. The van der Waals surface area contributed by atoms with E-state index in [1.54, 1.807) is 6.20 Å². The summed E-state index contributed by atoms with van der Waals surface area (Å²) in [7, 11) is 1.82. The van der Waals surface area contributed by atoms with Gasteiger partial charge in [0.15, 0.2) is 0 Å². The van der Waals surface area contributed by atoms with E-state index >= 15 is 0 Å². The van der Waals surface area contributed by atoms with Crippen LogP contribution < -0.4 is 10.1 Å². The third-order valence-corrected chi connectivity index (χ3v) is 1.00. The van der Waals surface area contributed by atoms with Crippen molar-refractivity contribution in [3.05, 3.63) is 24.4 Å². The number of nitrogens with zero attached hydrogens (tertiary/aromatic N) is 1. The summed E-state index contributed by atoms with van der Waals surface area (Å²) in [5.74, 6) is 0.650. The summed E-state index contributed by atoms with van der Waals surface area (Å²) < 4.78 is 5.13. The molecule has 1 aromatic rings. The smallest absolute Gasteiger partial charge is 0.214 e. The molecular formula is C7H10N2O. The van der Waals surface area contributed by atoms with Crippen LogP contribution >= 0.6 is 0 Å². The number of nitrogens with one attached hydrogen (secondary N) is 1. The Hall–Kier alpha value is -1.09. The Bertz CT molecular complexity index is 176. The van der Waals surface area contributed by atoms with Gasteiger partial charge >= 0.3 is 0 Å². The molecule has 1 N–H and O–H groups in total. The van der Waals surface area contributed by atoms with Crippen LogP contribution in [0.3, 0.4) is 0 Å². The Morgan fingerprint density at radius 2 is 2.50 bits per heavy atom. The molecule has 0 fully saturated rings. The van der Waals surface area contributed by atoms with Crippen LogP contribution in [-0.4, -0.2) is 18.8 Å². The highest BCUT2D eigenvalue weighted by molar-refractivity contribution is 5.08. The minimum Gasteiger partial charge on any atom is -0.462 e. The maximum atomic E-state index is 5.13. The van der Waals surface area contributed by atoms with Crippen molar-refractivity contribution in [2.45, 2.75) is 0 Å². The van der Waals surface area contributed by atoms with Crippen molar-refractivity contribution in [3.63, 3.8) is 0 Å². The zero-order chi connectivity index (χ0) is 7.23. The van der Waals surface area contributed by atoms with Crippen molar-refractivity contribution >= 4 is 0 Å². The lowest BCUT2D eigenvalue weighted by molar-refractivity contribution is 0.285. The molecule has 3 nitrogen and oxygen atoms in total. The number of hydrogen-bond acceptors (Lipinski definition) is 3. The van der Waals surface area contributed by atoms with Crippen LogP contribution in [0.1, 0.15) is 0 Å². The van der Waals surface area contributed by atoms with Crippen molar-refractivity contribution in [3.8, 4) is 5.88 Å². The van der Waals surface area contributed by atoms with E-state index in [4.69, 9.17) is 4.74 Å². The number of aromatic nitrogens is 1. The summed E-state index contributed by atoms with van der Waals surface area (Å²) >= 11 is 0. The fraction of sp³-hybridized carbons (Fsp3) is 0.286. The van der Waals surface area contributed by atoms with E-state index < -0.39 is 0 Å². The Balaban J connectivity index is 2.43. The zero-order valence-corrected chi connectivity index (χ0v) is 5.87. The summed E-state index contributed by atoms with van der Waals surface area (Å²) in [5, 5.41) is 2.85. The molecule has 0 aliphatic heterocycles. The largest absolute Gasteiger partial charge is 0.462 e. The van der Waals surface area contributed by atoms with Gasteiger partial charge in [0.2, 0.25) is 5.88 Å². The number of rotatable bonds is 3. The average Bonchev–Trinajstić information content (AvgIpc) is 2.03. The average molecular weight is 138 g/mol. The lowest BCUT2D eigenvalue weighted by Gasteiger charge is -2.01. The van der Waals surface area contributed by atoms with Crippen molar-refractivity contribution in [2.24, 2.45) is 0 Å². The number of ether oxygens (including phenoxy) is 1. The Morgan fingerprint density at radius 3 is 3.10 bits per heavy atom. The van der Waals surface area contributed by atoms with E-state index in [2.05, 4.69) is 10.3 Å². The SMILES string of the molecule is CNCOc1ccccn1. The standard InChI is InChI=1S/C7H10N2O/c1-8-6-10-7-4-2-3-5-9-7/h2-5,8H,6H2,1H3. The van der Waals surface area contributed by atoms with Gasteiger partial charge < -0.3 is 4.74 Å². The zero-order valence-electron chi connectivity index (χ0n) is 5.87. The van der Waals surface area contributed by atoms with Crippen molar-refractivity contribution in [1.82, 2.24) is 10.3 Å². The molecule has 0 unspecified atom stereocenters. The second-order valence-corrected chi connectivity index (χ2v) is 1.81. The van der Waals surface area contributed by atoms with Gasteiger partial charge in [0.25, 0.3) is 0 Å². The normalized spacial score (nSPS) is 9.30. The van der Waals surface area contributed by atoms with Gasteiger partial charge in [0.05, 0.1) is 0 Å². The van der Waals surface area contributed by atoms with Crippen LogP contribution in [0.2, 0.25) is 0 Å². The molecule has 1 heterocycles. The van der Waals surface area contributed by atoms with Crippen molar-refractivity contribution in [2.75, 3.05) is 13.8 Å². The topological polar surface area (TPSA) is 34.1 Å². The molecule has 0 spiro atoms. The fourth-order valence-electron chi connectivity index (χ4n) is 0.579. The van der Waals surface area contributed by atoms with E-state index in [0.717, 1.165) is 0 Å². The lowest BCUT2D eigenvalue weighted by Crippen LogP contribution is -2.14. The third-order valence-electron chi connectivity index (χ3n) is 1.00.